The SMILES string of the molecule is CCCCCc1ccc(-c2nnn[nH]2)n1-c1ccc(Cn2nc(CCCC)nc2CCCC)cc1. The van der Waals surface area contributed by atoms with Crippen LogP contribution in [0.25, 0.3) is 17.2 Å². The van der Waals surface area contributed by atoms with Crippen LogP contribution in [0.1, 0.15) is 88.6 Å². The maximum Gasteiger partial charge on any atom is 0.196 e. The van der Waals surface area contributed by atoms with Crippen LogP contribution < -0.4 is 0 Å². The highest BCUT2D eigenvalue weighted by molar-refractivity contribution is 5.56. The molecule has 0 saturated heterocycles. The summed E-state index contributed by atoms with van der Waals surface area (Å²) in [5.41, 5.74) is 4.59. The Morgan fingerprint density at radius 2 is 1.57 bits per heavy atom. The number of aryl methyl sites for hydroxylation is 3. The lowest BCUT2D eigenvalue weighted by Gasteiger charge is -2.13. The standard InChI is InChI=1S/C27H38N8/c1-4-7-10-11-22-18-19-24(27-29-32-33-30-27)35(22)23-16-14-21(15-17-23)20-34-26(13-9-6-3)28-25(31-34)12-8-5-2/h14-19H,4-13,20H2,1-3H3,(H,29,30,32,33). The van der Waals surface area contributed by atoms with E-state index in [0.29, 0.717) is 5.82 Å². The number of rotatable bonds is 14. The molecule has 4 aromatic rings. The average molecular weight is 475 g/mol. The fraction of sp³-hybridized carbons (Fsp3) is 0.519. The van der Waals surface area contributed by atoms with Gasteiger partial charge >= 0.3 is 0 Å². The summed E-state index contributed by atoms with van der Waals surface area (Å²) in [5.74, 6) is 2.76. The molecule has 3 aromatic heterocycles. The van der Waals surface area contributed by atoms with E-state index in [0.717, 1.165) is 74.5 Å². The Morgan fingerprint density at radius 3 is 2.29 bits per heavy atom. The van der Waals surface area contributed by atoms with Gasteiger partial charge in [-0.05, 0) is 65.9 Å². The van der Waals surface area contributed by atoms with Crippen LogP contribution in [-0.4, -0.2) is 40.0 Å². The molecule has 0 radical (unpaired) electrons. The summed E-state index contributed by atoms with van der Waals surface area (Å²) in [4.78, 5) is 4.85. The minimum atomic E-state index is 0.679. The highest BCUT2D eigenvalue weighted by atomic mass is 15.5. The highest BCUT2D eigenvalue weighted by Crippen LogP contribution is 2.25. The van der Waals surface area contributed by atoms with Gasteiger partial charge in [-0.1, -0.05) is 58.6 Å². The molecule has 0 amide bonds. The Balaban J connectivity index is 1.58. The molecule has 0 atom stereocenters. The number of unbranched alkanes of at least 4 members (excludes halogenated alkanes) is 4. The van der Waals surface area contributed by atoms with Crippen molar-refractivity contribution in [3.05, 3.63) is 59.3 Å². The topological polar surface area (TPSA) is 90.1 Å². The minimum absolute atomic E-state index is 0.679. The predicted octanol–water partition coefficient (Wildman–Crippen LogP) is 5.72. The lowest BCUT2D eigenvalue weighted by molar-refractivity contribution is 0.612. The maximum absolute atomic E-state index is 4.85. The van der Waals surface area contributed by atoms with E-state index >= 15 is 0 Å². The number of nitrogens with zero attached hydrogens (tertiary/aromatic N) is 7. The molecule has 0 aliphatic rings. The Bertz CT molecular complexity index is 1150. The normalized spacial score (nSPS) is 11.4. The lowest BCUT2D eigenvalue weighted by Crippen LogP contribution is -2.08. The fourth-order valence-corrected chi connectivity index (χ4v) is 4.42. The van der Waals surface area contributed by atoms with Gasteiger partial charge in [0.15, 0.2) is 11.6 Å². The van der Waals surface area contributed by atoms with Gasteiger partial charge in [0.25, 0.3) is 0 Å². The second kappa shape index (κ2) is 12.4. The summed E-state index contributed by atoms with van der Waals surface area (Å²) >= 11 is 0. The Labute approximate surface area is 208 Å². The third-order valence-corrected chi connectivity index (χ3v) is 6.41. The molecule has 1 N–H and O–H groups in total. The van der Waals surface area contributed by atoms with Crippen molar-refractivity contribution in [1.82, 2.24) is 40.0 Å². The molecule has 4 rings (SSSR count). The van der Waals surface area contributed by atoms with Gasteiger partial charge in [0.1, 0.15) is 5.82 Å². The molecule has 35 heavy (non-hydrogen) atoms. The van der Waals surface area contributed by atoms with Gasteiger partial charge in [-0.25, -0.2) is 14.8 Å². The summed E-state index contributed by atoms with van der Waals surface area (Å²) in [6.07, 6.45) is 11.1. The zero-order valence-corrected chi connectivity index (χ0v) is 21.4. The van der Waals surface area contributed by atoms with Crippen LogP contribution in [0, 0.1) is 0 Å². The molecule has 0 fully saturated rings. The Kier molecular flexibility index (Phi) is 8.81. The van der Waals surface area contributed by atoms with Crippen molar-refractivity contribution < 1.29 is 0 Å². The predicted molar refractivity (Wildman–Crippen MR) is 139 cm³/mol. The van der Waals surface area contributed by atoms with Crippen LogP contribution in [0.5, 0.6) is 0 Å². The molecule has 0 bridgehead atoms. The number of hydrogen-bond acceptors (Lipinski definition) is 5. The van der Waals surface area contributed by atoms with E-state index in [1.54, 1.807) is 0 Å². The van der Waals surface area contributed by atoms with E-state index in [9.17, 15) is 0 Å². The van der Waals surface area contributed by atoms with E-state index in [2.05, 4.69) is 87.0 Å². The molecule has 0 saturated carbocycles. The average Bonchev–Trinajstić information content (AvgIpc) is 3.62. The van der Waals surface area contributed by atoms with Gasteiger partial charge in [0.2, 0.25) is 0 Å². The van der Waals surface area contributed by atoms with Crippen molar-refractivity contribution in [3.63, 3.8) is 0 Å². The summed E-state index contributed by atoms with van der Waals surface area (Å²) in [6.45, 7) is 7.41. The first-order valence-corrected chi connectivity index (χ1v) is 13.2. The van der Waals surface area contributed by atoms with Crippen LogP contribution >= 0.6 is 0 Å². The molecule has 0 unspecified atom stereocenters. The zero-order valence-electron chi connectivity index (χ0n) is 21.4. The van der Waals surface area contributed by atoms with Crippen LogP contribution in [0.15, 0.2) is 36.4 Å². The lowest BCUT2D eigenvalue weighted by atomic mass is 10.1. The van der Waals surface area contributed by atoms with Crippen molar-refractivity contribution >= 4 is 0 Å². The summed E-state index contributed by atoms with van der Waals surface area (Å²) in [5, 5.41) is 19.5. The third kappa shape index (κ3) is 6.24. The monoisotopic (exact) mass is 474 g/mol. The molecular weight excluding hydrogens is 436 g/mol. The van der Waals surface area contributed by atoms with E-state index in [1.807, 2.05) is 0 Å². The number of nitrogens with one attached hydrogen (secondary N) is 1. The van der Waals surface area contributed by atoms with Crippen molar-refractivity contribution in [2.24, 2.45) is 0 Å². The van der Waals surface area contributed by atoms with Gasteiger partial charge in [0.05, 0.1) is 12.2 Å². The fourth-order valence-electron chi connectivity index (χ4n) is 4.42. The van der Waals surface area contributed by atoms with Gasteiger partial charge in [0, 0.05) is 24.2 Å². The Hall–Kier alpha value is -3.29. The van der Waals surface area contributed by atoms with Crippen LogP contribution in [0.3, 0.4) is 0 Å². The molecule has 186 valence electrons. The third-order valence-electron chi connectivity index (χ3n) is 6.41. The second-order valence-electron chi connectivity index (χ2n) is 9.23. The van der Waals surface area contributed by atoms with Crippen molar-refractivity contribution in [3.8, 4) is 17.2 Å². The molecule has 0 aliphatic heterocycles. The molecule has 1 aromatic carbocycles. The largest absolute Gasteiger partial charge is 0.311 e. The Morgan fingerprint density at radius 1 is 0.800 bits per heavy atom. The molecule has 0 spiro atoms. The van der Waals surface area contributed by atoms with E-state index in [-0.39, 0.29) is 0 Å². The van der Waals surface area contributed by atoms with E-state index < -0.39 is 0 Å². The highest BCUT2D eigenvalue weighted by Gasteiger charge is 2.15. The molecular formula is C27H38N8. The molecule has 3 heterocycles. The summed E-state index contributed by atoms with van der Waals surface area (Å²) in [7, 11) is 0. The second-order valence-corrected chi connectivity index (χ2v) is 9.23. The maximum atomic E-state index is 4.85. The van der Waals surface area contributed by atoms with Gasteiger partial charge in [-0.15, -0.1) is 5.10 Å². The molecule has 8 nitrogen and oxygen atoms in total. The van der Waals surface area contributed by atoms with Crippen LogP contribution in [0.2, 0.25) is 0 Å². The smallest absolute Gasteiger partial charge is 0.196 e. The zero-order chi connectivity index (χ0) is 24.5. The first kappa shape index (κ1) is 24.8. The van der Waals surface area contributed by atoms with E-state index in [1.165, 1.54) is 30.5 Å². The molecule has 8 heteroatoms. The number of aromatic nitrogens is 8. The number of hydrogen-bond donors (Lipinski definition) is 1. The minimum Gasteiger partial charge on any atom is -0.311 e. The number of aromatic amines is 1. The first-order valence-electron chi connectivity index (χ1n) is 13.2. The summed E-state index contributed by atoms with van der Waals surface area (Å²) < 4.78 is 4.37. The van der Waals surface area contributed by atoms with Crippen LogP contribution in [-0.2, 0) is 25.8 Å². The number of tetrazole rings is 1. The van der Waals surface area contributed by atoms with Crippen LogP contribution in [0.4, 0.5) is 0 Å². The van der Waals surface area contributed by atoms with Crippen molar-refractivity contribution in [2.75, 3.05) is 0 Å². The number of benzene rings is 1. The molecule has 0 aliphatic carbocycles. The van der Waals surface area contributed by atoms with E-state index in [4.69, 9.17) is 10.1 Å². The van der Waals surface area contributed by atoms with Gasteiger partial charge in [-0.3, -0.25) is 0 Å². The quantitative estimate of drug-likeness (QED) is 0.236. The van der Waals surface area contributed by atoms with Crippen molar-refractivity contribution in [1.29, 1.82) is 0 Å². The van der Waals surface area contributed by atoms with Gasteiger partial charge in [-0.2, -0.15) is 5.10 Å². The first-order chi connectivity index (χ1) is 17.2. The van der Waals surface area contributed by atoms with Crippen molar-refractivity contribution in [2.45, 2.75) is 91.5 Å². The van der Waals surface area contributed by atoms with Gasteiger partial charge < -0.3 is 4.57 Å². The number of H-pyrrole nitrogens is 1. The summed E-state index contributed by atoms with van der Waals surface area (Å²) in [6, 6.07) is 13.1.